The van der Waals surface area contributed by atoms with E-state index in [9.17, 15) is 14.4 Å². The van der Waals surface area contributed by atoms with Crippen LogP contribution < -0.4 is 10.2 Å². The van der Waals surface area contributed by atoms with Gasteiger partial charge in [0.25, 0.3) is 0 Å². The molecule has 0 radical (unpaired) electrons. The fraction of sp³-hybridized carbons (Fsp3) is 0.400. The number of piperazine rings is 1. The van der Waals surface area contributed by atoms with Crippen molar-refractivity contribution in [2.24, 2.45) is 0 Å². The lowest BCUT2D eigenvalue weighted by atomic mass is 9.98. The minimum atomic E-state index is -0.947. The highest BCUT2D eigenvalue weighted by molar-refractivity contribution is 5.95. The SMILES string of the molecule is CC(C)N1CCN(c2ccc(CC(NC(=O)OCC3c4ccccc4-c4ccccc43)C(=O)OC(C)(C)C)cc2)C(=O)C1. The van der Waals surface area contributed by atoms with Crippen LogP contribution in [0.1, 0.15) is 57.2 Å². The van der Waals surface area contributed by atoms with Crippen molar-refractivity contribution in [1.29, 1.82) is 0 Å². The summed E-state index contributed by atoms with van der Waals surface area (Å²) in [5.41, 5.74) is 5.44. The van der Waals surface area contributed by atoms with Crippen molar-refractivity contribution in [3.63, 3.8) is 0 Å². The number of ether oxygens (including phenoxy) is 2. The van der Waals surface area contributed by atoms with E-state index in [0.29, 0.717) is 19.1 Å². The fourth-order valence-corrected chi connectivity index (χ4v) is 5.80. The van der Waals surface area contributed by atoms with E-state index in [-0.39, 0.29) is 24.9 Å². The average molecular weight is 584 g/mol. The first-order valence-corrected chi connectivity index (χ1v) is 15.0. The van der Waals surface area contributed by atoms with E-state index >= 15 is 0 Å². The molecule has 1 saturated heterocycles. The minimum absolute atomic E-state index is 0.0660. The second kappa shape index (κ2) is 12.6. The summed E-state index contributed by atoms with van der Waals surface area (Å²) in [6, 6.07) is 23.2. The van der Waals surface area contributed by atoms with Gasteiger partial charge in [-0.25, -0.2) is 9.59 Å². The van der Waals surface area contributed by atoms with Crippen LogP contribution in [0.25, 0.3) is 11.1 Å². The molecule has 1 fully saturated rings. The topological polar surface area (TPSA) is 88.2 Å². The molecule has 1 atom stereocenters. The van der Waals surface area contributed by atoms with Crippen molar-refractivity contribution in [2.45, 2.75) is 64.6 Å². The van der Waals surface area contributed by atoms with Crippen LogP contribution in [0.2, 0.25) is 0 Å². The van der Waals surface area contributed by atoms with Gasteiger partial charge in [0, 0.05) is 37.2 Å². The van der Waals surface area contributed by atoms with E-state index in [0.717, 1.165) is 40.0 Å². The van der Waals surface area contributed by atoms with Gasteiger partial charge in [0.15, 0.2) is 0 Å². The predicted octanol–water partition coefficient (Wildman–Crippen LogP) is 5.54. The number of benzene rings is 3. The van der Waals surface area contributed by atoms with Crippen LogP contribution in [0.15, 0.2) is 72.8 Å². The molecule has 2 amide bonds. The number of alkyl carbamates (subject to hydrolysis) is 1. The summed E-state index contributed by atoms with van der Waals surface area (Å²) in [6.07, 6.45) is -0.461. The second-order valence-electron chi connectivity index (χ2n) is 12.5. The van der Waals surface area contributed by atoms with Gasteiger partial charge in [0.1, 0.15) is 18.2 Å². The average Bonchev–Trinajstić information content (AvgIpc) is 3.29. The van der Waals surface area contributed by atoms with Crippen molar-refractivity contribution < 1.29 is 23.9 Å². The Morgan fingerprint density at radius 2 is 1.51 bits per heavy atom. The molecule has 43 heavy (non-hydrogen) atoms. The Morgan fingerprint density at radius 1 is 0.907 bits per heavy atom. The van der Waals surface area contributed by atoms with E-state index in [1.165, 1.54) is 0 Å². The van der Waals surface area contributed by atoms with E-state index < -0.39 is 23.7 Å². The van der Waals surface area contributed by atoms with Gasteiger partial charge < -0.3 is 19.7 Å². The number of amides is 2. The maximum atomic E-state index is 13.2. The van der Waals surface area contributed by atoms with Gasteiger partial charge in [-0.05, 0) is 74.6 Å². The molecule has 1 unspecified atom stereocenters. The molecule has 0 aromatic heterocycles. The molecule has 1 N–H and O–H groups in total. The number of nitrogens with zero attached hydrogens (tertiary/aromatic N) is 2. The van der Waals surface area contributed by atoms with Crippen molar-refractivity contribution in [3.8, 4) is 11.1 Å². The Hall–Kier alpha value is -4.17. The van der Waals surface area contributed by atoms with Crippen molar-refractivity contribution in [3.05, 3.63) is 89.5 Å². The molecule has 5 rings (SSSR count). The molecule has 8 heteroatoms. The van der Waals surface area contributed by atoms with Crippen LogP contribution in [-0.4, -0.2) is 66.8 Å². The number of hydrogen-bond acceptors (Lipinski definition) is 6. The molecule has 3 aromatic rings. The second-order valence-corrected chi connectivity index (χ2v) is 12.5. The van der Waals surface area contributed by atoms with E-state index in [1.807, 2.05) is 48.5 Å². The van der Waals surface area contributed by atoms with Gasteiger partial charge in [-0.15, -0.1) is 0 Å². The molecular weight excluding hydrogens is 542 g/mol. The molecule has 1 aliphatic carbocycles. The number of fused-ring (bicyclic) bond motifs is 3. The fourth-order valence-electron chi connectivity index (χ4n) is 5.80. The minimum Gasteiger partial charge on any atom is -0.458 e. The standard InChI is InChI=1S/C35H41N3O5/c1-23(2)37-18-19-38(32(39)21-37)25-16-14-24(15-17-25)20-31(33(40)43-35(3,4)5)36-34(41)42-22-30-28-12-8-6-10-26(28)27-11-7-9-13-29(27)30/h6-17,23,30-31H,18-22H2,1-5H3,(H,36,41). The summed E-state index contributed by atoms with van der Waals surface area (Å²) in [5.74, 6) is -0.558. The molecule has 1 heterocycles. The van der Waals surface area contributed by atoms with Crippen LogP contribution >= 0.6 is 0 Å². The third-order valence-electron chi connectivity index (χ3n) is 8.00. The van der Waals surface area contributed by atoms with Crippen LogP contribution in [0.4, 0.5) is 10.5 Å². The zero-order valence-electron chi connectivity index (χ0n) is 25.6. The molecular formula is C35H41N3O5. The predicted molar refractivity (Wildman–Crippen MR) is 167 cm³/mol. The number of carbonyl (C=O) groups is 3. The summed E-state index contributed by atoms with van der Waals surface area (Å²) in [7, 11) is 0. The number of anilines is 1. The summed E-state index contributed by atoms with van der Waals surface area (Å²) < 4.78 is 11.4. The zero-order chi connectivity index (χ0) is 30.7. The molecule has 2 aliphatic rings. The lowest BCUT2D eigenvalue weighted by molar-refractivity contribution is -0.157. The Balaban J connectivity index is 1.25. The first-order valence-electron chi connectivity index (χ1n) is 15.0. The molecule has 226 valence electrons. The number of rotatable bonds is 8. The molecule has 0 saturated carbocycles. The lowest BCUT2D eigenvalue weighted by Gasteiger charge is -2.36. The van der Waals surface area contributed by atoms with Gasteiger partial charge in [0.2, 0.25) is 5.91 Å². The highest BCUT2D eigenvalue weighted by Crippen LogP contribution is 2.44. The number of esters is 1. The molecule has 3 aromatic carbocycles. The normalized spacial score (nSPS) is 16.0. The Labute approximate surface area is 254 Å². The maximum Gasteiger partial charge on any atom is 0.407 e. The quantitative estimate of drug-likeness (QED) is 0.351. The highest BCUT2D eigenvalue weighted by Gasteiger charge is 2.31. The van der Waals surface area contributed by atoms with Crippen LogP contribution in [0.5, 0.6) is 0 Å². The lowest BCUT2D eigenvalue weighted by Crippen LogP contribution is -2.52. The van der Waals surface area contributed by atoms with Gasteiger partial charge in [-0.3, -0.25) is 9.69 Å². The summed E-state index contributed by atoms with van der Waals surface area (Å²) in [6.45, 7) is 11.5. The van der Waals surface area contributed by atoms with Crippen LogP contribution in [0, 0.1) is 0 Å². The summed E-state index contributed by atoms with van der Waals surface area (Å²) >= 11 is 0. The van der Waals surface area contributed by atoms with E-state index in [4.69, 9.17) is 9.47 Å². The highest BCUT2D eigenvalue weighted by atomic mass is 16.6. The third-order valence-corrected chi connectivity index (χ3v) is 8.00. The molecule has 0 bridgehead atoms. The van der Waals surface area contributed by atoms with Gasteiger partial charge in [-0.1, -0.05) is 60.7 Å². The number of hydrogen-bond donors (Lipinski definition) is 1. The van der Waals surface area contributed by atoms with Crippen molar-refractivity contribution in [2.75, 3.05) is 31.1 Å². The monoisotopic (exact) mass is 583 g/mol. The first kappa shape index (κ1) is 30.3. The third kappa shape index (κ3) is 7.08. The van der Waals surface area contributed by atoms with Gasteiger partial charge in [-0.2, -0.15) is 0 Å². The molecule has 0 spiro atoms. The number of nitrogens with one attached hydrogen (secondary N) is 1. The number of carbonyl (C=O) groups excluding carboxylic acids is 3. The van der Waals surface area contributed by atoms with Gasteiger partial charge >= 0.3 is 12.1 Å². The first-order chi connectivity index (χ1) is 20.5. The Kier molecular flexibility index (Phi) is 8.87. The van der Waals surface area contributed by atoms with Crippen LogP contribution in [0.3, 0.4) is 0 Å². The largest absolute Gasteiger partial charge is 0.458 e. The summed E-state index contributed by atoms with van der Waals surface area (Å²) in [5, 5.41) is 2.75. The zero-order valence-corrected chi connectivity index (χ0v) is 25.6. The van der Waals surface area contributed by atoms with E-state index in [1.54, 1.807) is 25.7 Å². The van der Waals surface area contributed by atoms with Crippen molar-refractivity contribution >= 4 is 23.7 Å². The van der Waals surface area contributed by atoms with Crippen molar-refractivity contribution in [1.82, 2.24) is 10.2 Å². The van der Waals surface area contributed by atoms with Gasteiger partial charge in [0.05, 0.1) is 6.54 Å². The van der Waals surface area contributed by atoms with Crippen LogP contribution in [-0.2, 0) is 25.5 Å². The smallest absolute Gasteiger partial charge is 0.407 e. The maximum absolute atomic E-state index is 13.2. The molecule has 1 aliphatic heterocycles. The molecule has 8 nitrogen and oxygen atoms in total. The van der Waals surface area contributed by atoms with E-state index in [2.05, 4.69) is 48.3 Å². The Bertz CT molecular complexity index is 1430. The Morgan fingerprint density at radius 3 is 2.07 bits per heavy atom. The summed E-state index contributed by atoms with van der Waals surface area (Å²) in [4.78, 5) is 43.0.